The van der Waals surface area contributed by atoms with E-state index in [1.54, 1.807) is 0 Å². The zero-order valence-corrected chi connectivity index (χ0v) is 9.48. The van der Waals surface area contributed by atoms with E-state index in [1.807, 2.05) is 24.4 Å². The van der Waals surface area contributed by atoms with Crippen LogP contribution in [0.5, 0.6) is 0 Å². The molecule has 3 heteroatoms. The van der Waals surface area contributed by atoms with E-state index in [0.29, 0.717) is 0 Å². The number of hydrogen-bond acceptors (Lipinski definition) is 3. The largest absolute Gasteiger partial charge is 0.308 e. The topological polar surface area (TPSA) is 28.2 Å². The summed E-state index contributed by atoms with van der Waals surface area (Å²) in [4.78, 5) is 6.36. The molecule has 0 spiro atoms. The highest BCUT2D eigenvalue weighted by molar-refractivity contribution is 5.03. The lowest BCUT2D eigenvalue weighted by Crippen LogP contribution is -2.15. The van der Waals surface area contributed by atoms with Gasteiger partial charge in [0.2, 0.25) is 0 Å². The van der Waals surface area contributed by atoms with E-state index in [2.05, 4.69) is 41.4 Å². The van der Waals surface area contributed by atoms with E-state index >= 15 is 0 Å². The molecule has 1 heterocycles. The highest BCUT2D eigenvalue weighted by Crippen LogP contribution is 1.91. The van der Waals surface area contributed by atoms with E-state index in [1.165, 1.54) is 0 Å². The second-order valence-corrected chi connectivity index (χ2v) is 3.69. The summed E-state index contributed by atoms with van der Waals surface area (Å²) in [6.45, 7) is 2.71. The molecule has 1 aromatic rings. The SMILES string of the molecule is CN(C)CC=CCNCc1ccccn1. The Morgan fingerprint density at radius 2 is 2.20 bits per heavy atom. The van der Waals surface area contributed by atoms with Crippen LogP contribution in [0.15, 0.2) is 36.5 Å². The summed E-state index contributed by atoms with van der Waals surface area (Å²) in [5, 5.41) is 3.31. The van der Waals surface area contributed by atoms with Gasteiger partial charge in [0.05, 0.1) is 5.69 Å². The first-order chi connectivity index (χ1) is 7.29. The second kappa shape index (κ2) is 7.15. The van der Waals surface area contributed by atoms with Crippen molar-refractivity contribution < 1.29 is 0 Å². The first-order valence-electron chi connectivity index (χ1n) is 5.19. The van der Waals surface area contributed by atoms with Crippen LogP contribution in [0.4, 0.5) is 0 Å². The molecule has 82 valence electrons. The summed E-state index contributed by atoms with van der Waals surface area (Å²) >= 11 is 0. The maximum absolute atomic E-state index is 4.23. The lowest BCUT2D eigenvalue weighted by Gasteiger charge is -2.04. The van der Waals surface area contributed by atoms with Crippen molar-refractivity contribution in [1.82, 2.24) is 15.2 Å². The molecule has 1 N–H and O–H groups in total. The van der Waals surface area contributed by atoms with Gasteiger partial charge in [-0.25, -0.2) is 0 Å². The van der Waals surface area contributed by atoms with E-state index in [-0.39, 0.29) is 0 Å². The van der Waals surface area contributed by atoms with Crippen molar-refractivity contribution >= 4 is 0 Å². The van der Waals surface area contributed by atoms with Gasteiger partial charge in [-0.1, -0.05) is 18.2 Å². The highest BCUT2D eigenvalue weighted by atomic mass is 15.0. The molecule has 1 aromatic heterocycles. The summed E-state index contributed by atoms with van der Waals surface area (Å²) in [5.74, 6) is 0. The molecule has 0 amide bonds. The third-order valence-corrected chi connectivity index (χ3v) is 1.93. The van der Waals surface area contributed by atoms with Crippen molar-refractivity contribution in [2.45, 2.75) is 6.54 Å². The van der Waals surface area contributed by atoms with Crippen LogP contribution in [0.2, 0.25) is 0 Å². The summed E-state index contributed by atoms with van der Waals surface area (Å²) in [5.41, 5.74) is 1.08. The summed E-state index contributed by atoms with van der Waals surface area (Å²) in [6.07, 6.45) is 6.12. The first kappa shape index (κ1) is 11.9. The van der Waals surface area contributed by atoms with Crippen LogP contribution in [-0.4, -0.2) is 37.1 Å². The predicted molar refractivity (Wildman–Crippen MR) is 63.6 cm³/mol. The third kappa shape index (κ3) is 5.99. The lowest BCUT2D eigenvalue weighted by molar-refractivity contribution is 0.456. The van der Waals surface area contributed by atoms with Gasteiger partial charge in [-0.2, -0.15) is 0 Å². The van der Waals surface area contributed by atoms with E-state index < -0.39 is 0 Å². The Balaban J connectivity index is 2.10. The molecule has 0 saturated carbocycles. The fraction of sp³-hybridized carbons (Fsp3) is 0.417. The van der Waals surface area contributed by atoms with Crippen molar-refractivity contribution in [3.05, 3.63) is 42.2 Å². The average molecular weight is 205 g/mol. The molecule has 0 aliphatic carbocycles. The van der Waals surface area contributed by atoms with Crippen LogP contribution in [0.25, 0.3) is 0 Å². The molecule has 0 aliphatic rings. The first-order valence-corrected chi connectivity index (χ1v) is 5.19. The number of nitrogens with one attached hydrogen (secondary N) is 1. The van der Waals surface area contributed by atoms with Gasteiger partial charge in [0, 0.05) is 25.8 Å². The number of aromatic nitrogens is 1. The number of nitrogens with zero attached hydrogens (tertiary/aromatic N) is 2. The molecule has 15 heavy (non-hydrogen) atoms. The molecule has 1 rings (SSSR count). The monoisotopic (exact) mass is 205 g/mol. The number of rotatable bonds is 6. The number of hydrogen-bond donors (Lipinski definition) is 1. The van der Waals surface area contributed by atoms with Gasteiger partial charge in [-0.3, -0.25) is 4.98 Å². The molecular weight excluding hydrogens is 186 g/mol. The zero-order valence-electron chi connectivity index (χ0n) is 9.48. The average Bonchev–Trinajstić information content (AvgIpc) is 2.24. The van der Waals surface area contributed by atoms with Crippen LogP contribution in [0.1, 0.15) is 5.69 Å². The smallest absolute Gasteiger partial charge is 0.0541 e. The Labute approximate surface area is 91.8 Å². The molecule has 0 saturated heterocycles. The minimum atomic E-state index is 0.827. The predicted octanol–water partition coefficient (Wildman–Crippen LogP) is 1.29. The van der Waals surface area contributed by atoms with Crippen LogP contribution in [0, 0.1) is 0 Å². The van der Waals surface area contributed by atoms with Gasteiger partial charge in [-0.05, 0) is 26.2 Å². The van der Waals surface area contributed by atoms with Crippen molar-refractivity contribution in [2.75, 3.05) is 27.2 Å². The normalized spacial score (nSPS) is 11.4. The van der Waals surface area contributed by atoms with Gasteiger partial charge < -0.3 is 10.2 Å². The summed E-state index contributed by atoms with van der Waals surface area (Å²) < 4.78 is 0. The quantitative estimate of drug-likeness (QED) is 0.560. The molecule has 0 unspecified atom stereocenters. The summed E-state index contributed by atoms with van der Waals surface area (Å²) in [7, 11) is 4.12. The van der Waals surface area contributed by atoms with Crippen molar-refractivity contribution in [1.29, 1.82) is 0 Å². The Bertz CT molecular complexity index is 280. The molecule has 0 bridgehead atoms. The lowest BCUT2D eigenvalue weighted by atomic mass is 10.3. The maximum atomic E-state index is 4.23. The minimum Gasteiger partial charge on any atom is -0.308 e. The van der Waals surface area contributed by atoms with Crippen molar-refractivity contribution in [2.24, 2.45) is 0 Å². The standard InChI is InChI=1S/C12H19N3/c1-15(2)10-6-5-8-13-11-12-7-3-4-9-14-12/h3-7,9,13H,8,10-11H2,1-2H3. The van der Waals surface area contributed by atoms with E-state index in [0.717, 1.165) is 25.3 Å². The molecule has 0 aliphatic heterocycles. The van der Waals surface area contributed by atoms with Gasteiger partial charge in [-0.15, -0.1) is 0 Å². The van der Waals surface area contributed by atoms with Crippen LogP contribution < -0.4 is 5.32 Å². The molecule has 0 fully saturated rings. The van der Waals surface area contributed by atoms with E-state index in [9.17, 15) is 0 Å². The molecule has 0 atom stereocenters. The Morgan fingerprint density at radius 1 is 1.33 bits per heavy atom. The molecule has 0 radical (unpaired) electrons. The van der Waals surface area contributed by atoms with Crippen molar-refractivity contribution in [3.63, 3.8) is 0 Å². The van der Waals surface area contributed by atoms with E-state index in [4.69, 9.17) is 0 Å². The zero-order chi connectivity index (χ0) is 10.9. The van der Waals surface area contributed by atoms with Gasteiger partial charge in [0.25, 0.3) is 0 Å². The van der Waals surface area contributed by atoms with Crippen LogP contribution >= 0.6 is 0 Å². The second-order valence-electron chi connectivity index (χ2n) is 3.69. The molecule has 0 aromatic carbocycles. The molecule has 3 nitrogen and oxygen atoms in total. The van der Waals surface area contributed by atoms with Gasteiger partial charge in [0.1, 0.15) is 0 Å². The van der Waals surface area contributed by atoms with Gasteiger partial charge >= 0.3 is 0 Å². The maximum Gasteiger partial charge on any atom is 0.0541 e. The highest BCUT2D eigenvalue weighted by Gasteiger charge is 1.89. The Morgan fingerprint density at radius 3 is 2.87 bits per heavy atom. The molecular formula is C12H19N3. The van der Waals surface area contributed by atoms with Crippen molar-refractivity contribution in [3.8, 4) is 0 Å². The number of pyridine rings is 1. The number of likely N-dealkylation sites (N-methyl/N-ethyl adjacent to an activating group) is 1. The summed E-state index contributed by atoms with van der Waals surface area (Å²) in [6, 6.07) is 5.96. The minimum absolute atomic E-state index is 0.827. The Kier molecular flexibility index (Phi) is 5.66. The fourth-order valence-electron chi connectivity index (χ4n) is 1.15. The van der Waals surface area contributed by atoms with Crippen LogP contribution in [0.3, 0.4) is 0 Å². The van der Waals surface area contributed by atoms with Crippen LogP contribution in [-0.2, 0) is 6.54 Å². The Hall–Kier alpha value is -1.19. The third-order valence-electron chi connectivity index (χ3n) is 1.93. The van der Waals surface area contributed by atoms with Gasteiger partial charge in [0.15, 0.2) is 0 Å². The fourth-order valence-corrected chi connectivity index (χ4v) is 1.15.